The number of alkyl halides is 3. The van der Waals surface area contributed by atoms with E-state index in [4.69, 9.17) is 0 Å². The molecule has 1 aliphatic heterocycles. The lowest BCUT2D eigenvalue weighted by Crippen LogP contribution is -2.54. The van der Waals surface area contributed by atoms with Gasteiger partial charge in [-0.3, -0.25) is 9.69 Å². The summed E-state index contributed by atoms with van der Waals surface area (Å²) >= 11 is 0. The number of carbonyl (C=O) groups is 1. The van der Waals surface area contributed by atoms with E-state index in [0.29, 0.717) is 38.4 Å². The van der Waals surface area contributed by atoms with Crippen LogP contribution in [0.4, 0.5) is 18.9 Å². The Morgan fingerprint density at radius 3 is 2.48 bits per heavy atom. The van der Waals surface area contributed by atoms with Crippen LogP contribution in [0.1, 0.15) is 19.4 Å². The molecule has 1 aromatic rings. The fourth-order valence-corrected chi connectivity index (χ4v) is 2.73. The van der Waals surface area contributed by atoms with E-state index < -0.39 is 11.7 Å². The molecule has 23 heavy (non-hydrogen) atoms. The van der Waals surface area contributed by atoms with Gasteiger partial charge in [-0.2, -0.15) is 13.2 Å². The standard InChI is InChI=1S/C16H22F3N3O/c1-3-20-15(23)12(2)21-7-9-22(10-8-21)14-6-4-5-13(11-14)16(17,18)19/h4-6,11-12H,3,7-10H2,1-2H3,(H,20,23)/t12-/m0/s1. The van der Waals surface area contributed by atoms with Crippen LogP contribution in [0, 0.1) is 0 Å². The Labute approximate surface area is 134 Å². The molecular weight excluding hydrogens is 307 g/mol. The molecule has 7 heteroatoms. The fourth-order valence-electron chi connectivity index (χ4n) is 2.73. The second kappa shape index (κ2) is 7.21. The van der Waals surface area contributed by atoms with Crippen molar-refractivity contribution >= 4 is 11.6 Å². The van der Waals surface area contributed by atoms with Gasteiger partial charge in [0.25, 0.3) is 0 Å². The Kier molecular flexibility index (Phi) is 5.51. The number of halogens is 3. The maximum Gasteiger partial charge on any atom is 0.416 e. The number of nitrogens with one attached hydrogen (secondary N) is 1. The first-order chi connectivity index (χ1) is 10.8. The zero-order valence-electron chi connectivity index (χ0n) is 13.4. The summed E-state index contributed by atoms with van der Waals surface area (Å²) in [5.74, 6) is -0.0139. The van der Waals surface area contributed by atoms with E-state index in [2.05, 4.69) is 10.2 Å². The lowest BCUT2D eigenvalue weighted by Gasteiger charge is -2.38. The zero-order valence-corrected chi connectivity index (χ0v) is 13.4. The lowest BCUT2D eigenvalue weighted by atomic mass is 10.1. The Hall–Kier alpha value is -1.76. The van der Waals surface area contributed by atoms with Crippen molar-refractivity contribution in [3.05, 3.63) is 29.8 Å². The lowest BCUT2D eigenvalue weighted by molar-refractivity contribution is -0.137. The molecule has 1 saturated heterocycles. The molecule has 1 aromatic carbocycles. The number of nitrogens with zero attached hydrogens (tertiary/aromatic N) is 2. The van der Waals surface area contributed by atoms with E-state index in [-0.39, 0.29) is 11.9 Å². The van der Waals surface area contributed by atoms with Crippen molar-refractivity contribution in [2.24, 2.45) is 0 Å². The van der Waals surface area contributed by atoms with E-state index in [9.17, 15) is 18.0 Å². The summed E-state index contributed by atoms with van der Waals surface area (Å²) in [5.41, 5.74) is -0.0572. The van der Waals surface area contributed by atoms with Crippen LogP contribution in [0.15, 0.2) is 24.3 Å². The van der Waals surface area contributed by atoms with E-state index in [1.165, 1.54) is 12.1 Å². The van der Waals surface area contributed by atoms with Crippen molar-refractivity contribution < 1.29 is 18.0 Å². The van der Waals surface area contributed by atoms with Crippen LogP contribution in [0.25, 0.3) is 0 Å². The second-order valence-corrected chi connectivity index (χ2v) is 5.64. The van der Waals surface area contributed by atoms with E-state index in [1.807, 2.05) is 18.7 Å². The predicted octanol–water partition coefficient (Wildman–Crippen LogP) is 2.35. The maximum atomic E-state index is 12.8. The number of anilines is 1. The minimum absolute atomic E-state index is 0.0139. The highest BCUT2D eigenvalue weighted by Gasteiger charge is 2.31. The summed E-state index contributed by atoms with van der Waals surface area (Å²) in [5, 5.41) is 2.79. The molecule has 0 radical (unpaired) electrons. The number of benzene rings is 1. The molecule has 1 heterocycles. The van der Waals surface area contributed by atoms with Gasteiger partial charge in [0, 0.05) is 38.4 Å². The van der Waals surface area contributed by atoms with Crippen LogP contribution >= 0.6 is 0 Å². The minimum atomic E-state index is -4.33. The molecule has 1 fully saturated rings. The van der Waals surface area contributed by atoms with Crippen molar-refractivity contribution in [2.45, 2.75) is 26.1 Å². The number of piperazine rings is 1. The molecule has 2 rings (SSSR count). The van der Waals surface area contributed by atoms with Crippen molar-refractivity contribution in [2.75, 3.05) is 37.6 Å². The average molecular weight is 329 g/mol. The summed E-state index contributed by atoms with van der Waals surface area (Å²) in [6.07, 6.45) is -4.33. The molecule has 0 saturated carbocycles. The predicted molar refractivity (Wildman–Crippen MR) is 83.4 cm³/mol. The molecule has 1 atom stereocenters. The monoisotopic (exact) mass is 329 g/mol. The highest BCUT2D eigenvalue weighted by Crippen LogP contribution is 2.31. The van der Waals surface area contributed by atoms with Gasteiger partial charge in [0.15, 0.2) is 0 Å². The van der Waals surface area contributed by atoms with Gasteiger partial charge in [-0.15, -0.1) is 0 Å². The van der Waals surface area contributed by atoms with E-state index >= 15 is 0 Å². The number of hydrogen-bond donors (Lipinski definition) is 1. The first-order valence-electron chi connectivity index (χ1n) is 7.77. The number of rotatable bonds is 4. The molecule has 0 aromatic heterocycles. The quantitative estimate of drug-likeness (QED) is 0.921. The Morgan fingerprint density at radius 2 is 1.91 bits per heavy atom. The SMILES string of the molecule is CCNC(=O)[C@H](C)N1CCN(c2cccc(C(F)(F)F)c2)CC1. The van der Waals surface area contributed by atoms with Crippen molar-refractivity contribution in [3.63, 3.8) is 0 Å². The Bertz CT molecular complexity index is 540. The van der Waals surface area contributed by atoms with Crippen molar-refractivity contribution in [3.8, 4) is 0 Å². The number of hydrogen-bond acceptors (Lipinski definition) is 3. The van der Waals surface area contributed by atoms with Crippen LogP contribution in [-0.4, -0.2) is 49.6 Å². The van der Waals surface area contributed by atoms with Gasteiger partial charge < -0.3 is 10.2 Å². The van der Waals surface area contributed by atoms with Gasteiger partial charge in [-0.05, 0) is 32.0 Å². The number of carbonyl (C=O) groups excluding carboxylic acids is 1. The van der Waals surface area contributed by atoms with Gasteiger partial charge in [0.05, 0.1) is 11.6 Å². The second-order valence-electron chi connectivity index (χ2n) is 5.64. The smallest absolute Gasteiger partial charge is 0.369 e. The molecule has 1 amide bonds. The molecule has 1 N–H and O–H groups in total. The van der Waals surface area contributed by atoms with Gasteiger partial charge in [-0.1, -0.05) is 6.07 Å². The first kappa shape index (κ1) is 17.6. The summed E-state index contributed by atoms with van der Waals surface area (Å²) in [4.78, 5) is 15.8. The highest BCUT2D eigenvalue weighted by molar-refractivity contribution is 5.81. The minimum Gasteiger partial charge on any atom is -0.369 e. The topological polar surface area (TPSA) is 35.6 Å². The van der Waals surface area contributed by atoms with Crippen molar-refractivity contribution in [1.29, 1.82) is 0 Å². The van der Waals surface area contributed by atoms with Crippen LogP contribution in [0.2, 0.25) is 0 Å². The first-order valence-corrected chi connectivity index (χ1v) is 7.77. The summed E-state index contributed by atoms with van der Waals surface area (Å²) in [7, 11) is 0. The molecule has 0 spiro atoms. The third kappa shape index (κ3) is 4.37. The number of amides is 1. The zero-order chi connectivity index (χ0) is 17.0. The van der Waals surface area contributed by atoms with E-state index in [1.54, 1.807) is 6.07 Å². The van der Waals surface area contributed by atoms with Gasteiger partial charge >= 0.3 is 6.18 Å². The van der Waals surface area contributed by atoms with Crippen LogP contribution in [0.5, 0.6) is 0 Å². The van der Waals surface area contributed by atoms with Crippen LogP contribution in [0.3, 0.4) is 0 Å². The summed E-state index contributed by atoms with van der Waals surface area (Å²) in [6, 6.07) is 5.17. The van der Waals surface area contributed by atoms with Crippen molar-refractivity contribution in [1.82, 2.24) is 10.2 Å². The summed E-state index contributed by atoms with van der Waals surface area (Å²) in [6.45, 7) is 6.81. The van der Waals surface area contributed by atoms with E-state index in [0.717, 1.165) is 6.07 Å². The highest BCUT2D eigenvalue weighted by atomic mass is 19.4. The van der Waals surface area contributed by atoms with Gasteiger partial charge in [0.1, 0.15) is 0 Å². The number of likely N-dealkylation sites (N-methyl/N-ethyl adjacent to an activating group) is 1. The van der Waals surface area contributed by atoms with Gasteiger partial charge in [0.2, 0.25) is 5.91 Å². The van der Waals surface area contributed by atoms with Crippen LogP contribution in [-0.2, 0) is 11.0 Å². The Morgan fingerprint density at radius 1 is 1.26 bits per heavy atom. The molecular formula is C16H22F3N3O. The third-order valence-corrected chi connectivity index (χ3v) is 4.13. The average Bonchev–Trinajstić information content (AvgIpc) is 2.54. The van der Waals surface area contributed by atoms with Crippen LogP contribution < -0.4 is 10.2 Å². The fraction of sp³-hybridized carbons (Fsp3) is 0.562. The molecule has 128 valence electrons. The maximum absolute atomic E-state index is 12.8. The molecule has 0 aliphatic carbocycles. The molecule has 4 nitrogen and oxygen atoms in total. The largest absolute Gasteiger partial charge is 0.416 e. The normalized spacial score (nSPS) is 17.9. The third-order valence-electron chi connectivity index (χ3n) is 4.13. The Balaban J connectivity index is 1.98. The van der Waals surface area contributed by atoms with Gasteiger partial charge in [-0.25, -0.2) is 0 Å². The molecule has 0 bridgehead atoms. The summed E-state index contributed by atoms with van der Waals surface area (Å²) < 4.78 is 38.4. The molecule has 1 aliphatic rings. The molecule has 0 unspecified atom stereocenters.